The zero-order chi connectivity index (χ0) is 26.1. The number of guanidine groups is 1. The van der Waals surface area contributed by atoms with Crippen molar-refractivity contribution in [2.24, 2.45) is 0 Å². The van der Waals surface area contributed by atoms with E-state index in [2.05, 4.69) is 10.6 Å². The molecule has 1 saturated heterocycles. The van der Waals surface area contributed by atoms with Crippen LogP contribution in [0.15, 0.2) is 48.5 Å². The van der Waals surface area contributed by atoms with Gasteiger partial charge in [0, 0.05) is 16.7 Å². The zero-order valence-corrected chi connectivity index (χ0v) is 21.4. The lowest BCUT2D eigenvalue weighted by Crippen LogP contribution is -2.61. The molecule has 8 nitrogen and oxygen atoms in total. The minimum Gasteiger partial charge on any atom is -0.490 e. The second kappa shape index (κ2) is 9.93. The Kier molecular flexibility index (Phi) is 7.09. The van der Waals surface area contributed by atoms with E-state index in [1.54, 1.807) is 25.1 Å². The van der Waals surface area contributed by atoms with Crippen molar-refractivity contribution in [3.63, 3.8) is 0 Å². The molecule has 2 heterocycles. The normalized spacial score (nSPS) is 26.5. The highest BCUT2D eigenvalue weighted by atomic mass is 16.5. The quantitative estimate of drug-likeness (QED) is 0.465. The Morgan fingerprint density at radius 2 is 2.00 bits per heavy atom. The fourth-order valence-corrected chi connectivity index (χ4v) is 5.02. The molecule has 0 aliphatic carbocycles. The third-order valence-electron chi connectivity index (χ3n) is 7.31. The van der Waals surface area contributed by atoms with Crippen molar-refractivity contribution in [2.75, 3.05) is 6.61 Å². The van der Waals surface area contributed by atoms with E-state index in [0.717, 1.165) is 24.0 Å². The summed E-state index contributed by atoms with van der Waals surface area (Å²) in [4.78, 5) is 28.1. The van der Waals surface area contributed by atoms with Crippen LogP contribution >= 0.6 is 0 Å². The van der Waals surface area contributed by atoms with E-state index in [9.17, 15) is 14.7 Å². The molecule has 1 unspecified atom stereocenters. The van der Waals surface area contributed by atoms with Crippen LogP contribution < -0.4 is 15.4 Å². The van der Waals surface area contributed by atoms with E-state index >= 15 is 0 Å². The van der Waals surface area contributed by atoms with Crippen molar-refractivity contribution in [1.82, 2.24) is 15.5 Å². The van der Waals surface area contributed by atoms with Crippen molar-refractivity contribution < 1.29 is 19.4 Å². The number of carbonyl (C=O) groups excluding carboxylic acids is 2. The number of fused-ring (bicyclic) bond motifs is 1. The van der Waals surface area contributed by atoms with Gasteiger partial charge in [-0.05, 0) is 50.5 Å². The van der Waals surface area contributed by atoms with E-state index in [-0.39, 0.29) is 30.4 Å². The third kappa shape index (κ3) is 4.95. The minimum absolute atomic E-state index is 0.0659. The summed E-state index contributed by atoms with van der Waals surface area (Å²) < 4.78 is 5.68. The summed E-state index contributed by atoms with van der Waals surface area (Å²) in [5.41, 5.74) is 0.234. The highest BCUT2D eigenvalue weighted by Gasteiger charge is 2.42. The van der Waals surface area contributed by atoms with Crippen molar-refractivity contribution in [1.29, 1.82) is 5.41 Å². The van der Waals surface area contributed by atoms with Crippen LogP contribution in [0.25, 0.3) is 0 Å². The first-order chi connectivity index (χ1) is 17.1. The Labute approximate surface area is 212 Å². The van der Waals surface area contributed by atoms with Gasteiger partial charge in [-0.15, -0.1) is 0 Å². The maximum Gasteiger partial charge on any atom is 0.251 e. The van der Waals surface area contributed by atoms with Crippen molar-refractivity contribution in [3.05, 3.63) is 65.2 Å². The Morgan fingerprint density at radius 3 is 2.69 bits per heavy atom. The Balaban J connectivity index is 1.60. The van der Waals surface area contributed by atoms with Gasteiger partial charge in [0.15, 0.2) is 5.96 Å². The molecule has 2 aromatic carbocycles. The summed E-state index contributed by atoms with van der Waals surface area (Å²) >= 11 is 0. The Morgan fingerprint density at radius 1 is 1.25 bits per heavy atom. The summed E-state index contributed by atoms with van der Waals surface area (Å²) in [6, 6.07) is 13.6. The average Bonchev–Trinajstić information content (AvgIpc) is 2.85. The Hall–Kier alpha value is -3.39. The molecule has 0 saturated carbocycles. The molecule has 192 valence electrons. The summed E-state index contributed by atoms with van der Waals surface area (Å²) in [5.74, 6) is 0.315. The standard InChI is InChI=1S/C28H36N4O4/c1-5-10-21(32-23(33)16-27(3,6-2)31-26(32)29)18-11-9-12-19(15-18)25(34)30-24-20-13-7-8-14-22(20)36-17-28(24,4)35/h7-9,11-15,21,24,35H,5-6,10,16-17H2,1-4H3,(H2,29,31)(H,30,34)/t21-,24-,27?,28+/m1/s1. The van der Waals surface area contributed by atoms with Gasteiger partial charge in [0.1, 0.15) is 18.0 Å². The van der Waals surface area contributed by atoms with Crippen LogP contribution in [-0.4, -0.2) is 45.5 Å². The molecule has 0 spiro atoms. The monoisotopic (exact) mass is 492 g/mol. The molecular formula is C28H36N4O4. The molecule has 0 radical (unpaired) electrons. The number of carbonyl (C=O) groups is 2. The number of hydrogen-bond donors (Lipinski definition) is 4. The van der Waals surface area contributed by atoms with Crippen LogP contribution in [-0.2, 0) is 4.79 Å². The molecule has 4 rings (SSSR count). The molecule has 2 amide bonds. The van der Waals surface area contributed by atoms with Crippen molar-refractivity contribution >= 4 is 17.8 Å². The fraction of sp³-hybridized carbons (Fsp3) is 0.464. The van der Waals surface area contributed by atoms with Crippen LogP contribution in [0.5, 0.6) is 5.75 Å². The molecular weight excluding hydrogens is 456 g/mol. The van der Waals surface area contributed by atoms with Crippen LogP contribution in [0.1, 0.15) is 86.9 Å². The number of para-hydroxylation sites is 1. The number of ether oxygens (including phenoxy) is 1. The SMILES string of the molecule is CCC[C@H](c1cccc(C(=O)N[C@@H]2c3ccccc3OC[C@]2(C)O)c1)N1C(=N)NC(C)(CC)CC1=O. The van der Waals surface area contributed by atoms with Gasteiger partial charge in [-0.3, -0.25) is 19.9 Å². The topological polar surface area (TPSA) is 115 Å². The number of benzene rings is 2. The molecule has 0 aromatic heterocycles. The van der Waals surface area contributed by atoms with Gasteiger partial charge in [-0.2, -0.15) is 0 Å². The molecule has 1 fully saturated rings. The molecule has 2 aliphatic heterocycles. The van der Waals surface area contributed by atoms with E-state index in [1.165, 1.54) is 4.90 Å². The lowest BCUT2D eigenvalue weighted by atomic mass is 9.87. The molecule has 2 aromatic rings. The van der Waals surface area contributed by atoms with E-state index in [4.69, 9.17) is 10.1 Å². The molecule has 2 aliphatic rings. The Bertz CT molecular complexity index is 1140. The van der Waals surface area contributed by atoms with Crippen LogP contribution in [0, 0.1) is 5.41 Å². The fourth-order valence-electron chi connectivity index (χ4n) is 5.02. The number of rotatable bonds is 7. The van der Waals surface area contributed by atoms with Crippen LogP contribution in [0.2, 0.25) is 0 Å². The van der Waals surface area contributed by atoms with Gasteiger partial charge in [-0.25, -0.2) is 0 Å². The van der Waals surface area contributed by atoms with Crippen molar-refractivity contribution in [2.45, 2.75) is 76.6 Å². The van der Waals surface area contributed by atoms with E-state index < -0.39 is 17.2 Å². The highest BCUT2D eigenvalue weighted by Crippen LogP contribution is 2.38. The van der Waals surface area contributed by atoms with Gasteiger partial charge < -0.3 is 20.5 Å². The van der Waals surface area contributed by atoms with Gasteiger partial charge in [0.25, 0.3) is 5.91 Å². The number of aliphatic hydroxyl groups is 1. The molecule has 0 bridgehead atoms. The predicted octanol–water partition coefficient (Wildman–Crippen LogP) is 4.07. The van der Waals surface area contributed by atoms with Crippen molar-refractivity contribution in [3.8, 4) is 5.75 Å². The lowest BCUT2D eigenvalue weighted by molar-refractivity contribution is -0.132. The summed E-state index contributed by atoms with van der Waals surface area (Å²) in [7, 11) is 0. The third-order valence-corrected chi connectivity index (χ3v) is 7.31. The maximum atomic E-state index is 13.4. The first-order valence-corrected chi connectivity index (χ1v) is 12.6. The van der Waals surface area contributed by atoms with Gasteiger partial charge in [0.2, 0.25) is 5.91 Å². The minimum atomic E-state index is -1.28. The van der Waals surface area contributed by atoms with Gasteiger partial charge in [-0.1, -0.05) is 50.6 Å². The number of nitrogens with one attached hydrogen (secondary N) is 3. The molecule has 4 atom stereocenters. The highest BCUT2D eigenvalue weighted by molar-refractivity contribution is 6.00. The summed E-state index contributed by atoms with van der Waals surface area (Å²) in [6.45, 7) is 7.71. The summed E-state index contributed by atoms with van der Waals surface area (Å²) in [6.07, 6.45) is 2.52. The largest absolute Gasteiger partial charge is 0.490 e. The van der Waals surface area contributed by atoms with E-state index in [0.29, 0.717) is 24.2 Å². The predicted molar refractivity (Wildman–Crippen MR) is 138 cm³/mol. The van der Waals surface area contributed by atoms with E-state index in [1.807, 2.05) is 51.1 Å². The average molecular weight is 493 g/mol. The van der Waals surface area contributed by atoms with Gasteiger partial charge in [0.05, 0.1) is 18.5 Å². The molecule has 4 N–H and O–H groups in total. The number of nitrogens with zero attached hydrogens (tertiary/aromatic N) is 1. The first kappa shape index (κ1) is 25.7. The van der Waals surface area contributed by atoms with Crippen LogP contribution in [0.3, 0.4) is 0 Å². The van der Waals surface area contributed by atoms with Gasteiger partial charge >= 0.3 is 0 Å². The second-order valence-electron chi connectivity index (χ2n) is 10.3. The molecule has 36 heavy (non-hydrogen) atoms. The zero-order valence-electron chi connectivity index (χ0n) is 21.4. The number of hydrogen-bond acceptors (Lipinski definition) is 5. The maximum absolute atomic E-state index is 13.4. The number of amides is 2. The molecule has 8 heteroatoms. The smallest absolute Gasteiger partial charge is 0.251 e. The first-order valence-electron chi connectivity index (χ1n) is 12.6. The summed E-state index contributed by atoms with van der Waals surface area (Å²) in [5, 5.41) is 25.8. The second-order valence-corrected chi connectivity index (χ2v) is 10.3. The lowest BCUT2D eigenvalue weighted by Gasteiger charge is -2.43. The van der Waals surface area contributed by atoms with Crippen LogP contribution in [0.4, 0.5) is 0 Å².